The number of benzene rings is 19. The SMILES string of the molecule is c1ccc(-c2ccc3nc4c5cccc6c7c8c9ccccc9n(-c9ccccc9)c8ccc7n(c4nc3c2)c56)cc1.c1ccc(-n2c3ccc4ccccc4c3c3c4c5cccc6c7nc8ccccc8nc7n(c4ccc32)c65)cc1.c1ccc(-n2c3ccccc3c3c4c5cc(-c6ccc7sc8ccccc8c7c6)cc6c7nc8ccccc8nc7n(c4ccc32)c65)cc1. The van der Waals surface area contributed by atoms with Gasteiger partial charge in [0, 0.05) is 118 Å². The van der Waals surface area contributed by atoms with Gasteiger partial charge in [-0.2, -0.15) is 0 Å². The Morgan fingerprint density at radius 1 is 0.176 bits per heavy atom. The van der Waals surface area contributed by atoms with E-state index >= 15 is 0 Å². The molecule has 13 heteroatoms. The lowest BCUT2D eigenvalue weighted by molar-refractivity contribution is 1.18. The van der Waals surface area contributed by atoms with Crippen molar-refractivity contribution in [1.82, 2.24) is 56.8 Å². The second-order valence-electron chi connectivity index (χ2n) is 34.7. The van der Waals surface area contributed by atoms with Gasteiger partial charge in [0.25, 0.3) is 0 Å². The normalized spacial score (nSPS) is 12.4. The van der Waals surface area contributed by atoms with E-state index in [1.54, 1.807) is 0 Å². The van der Waals surface area contributed by atoms with Crippen molar-refractivity contribution >= 4 is 256 Å². The summed E-state index contributed by atoms with van der Waals surface area (Å²) in [5.74, 6) is 0. The van der Waals surface area contributed by atoms with Crippen LogP contribution >= 0.6 is 11.3 Å². The predicted octanol–water partition coefficient (Wildman–Crippen LogP) is 30.5. The smallest absolute Gasteiger partial charge is 0.165 e. The highest BCUT2D eigenvalue weighted by molar-refractivity contribution is 7.25. The Morgan fingerprint density at radius 3 is 1.09 bits per heavy atom. The van der Waals surface area contributed by atoms with Crippen LogP contribution in [-0.4, -0.2) is 56.8 Å². The molecule has 0 amide bonds. The first-order valence-corrected chi connectivity index (χ1v) is 45.3. The minimum atomic E-state index is 0.899. The molecule has 0 N–H and O–H groups in total. The van der Waals surface area contributed by atoms with Gasteiger partial charge in [-0.3, -0.25) is 13.2 Å². The standard InChI is InChI=1S/C44H24N4S.C38H22N4.C36H20N4/c1-2-10-27(11-3-1)47-35-16-8-4-13-29(35)40-36(47)19-20-37-41(40)31-23-26(25-18-21-39-30(22-25)28-12-5-9-17-38(28)49-39)24-32-42-44(48(37)43(31)32)46-34-15-7-6-14-33(34)45-42;1-3-10-23(11-4-1)24-18-19-29-30(22-24)40-38-36(39-29)28-16-9-15-27-35-33(42(38)37(27)28)21-20-32-34(35)26-14-7-8-17-31(26)41(32)25-12-5-2-6-13-25;1-2-10-22(11-3-1)39-28-18-17-21-9-4-5-12-23(21)31(28)33-30(39)20-19-29-32(33)24-13-8-14-25-34-36(40(29)35(24)25)38-27-16-7-6-15-26(27)37-34/h1-24H;1-22H;1-20H. The Morgan fingerprint density at radius 2 is 0.527 bits per heavy atom. The average molecular weight is 1680 g/mol. The highest BCUT2D eigenvalue weighted by Gasteiger charge is 2.30. The minimum absolute atomic E-state index is 0.899. The number of fused-ring (bicyclic) bond motifs is 38. The first-order valence-electron chi connectivity index (χ1n) is 44.5. The maximum absolute atomic E-state index is 5.29. The van der Waals surface area contributed by atoms with Crippen LogP contribution in [0.4, 0.5) is 0 Å². The molecule has 32 aromatic rings. The number of rotatable bonds is 5. The molecule has 0 aliphatic rings. The van der Waals surface area contributed by atoms with Gasteiger partial charge in [-0.05, 0) is 191 Å². The lowest BCUT2D eigenvalue weighted by Crippen LogP contribution is -1.93. The van der Waals surface area contributed by atoms with Crippen LogP contribution in [0.5, 0.6) is 0 Å². The van der Waals surface area contributed by atoms with Crippen molar-refractivity contribution in [1.29, 1.82) is 0 Å². The Balaban J connectivity index is 0.0000000951. The third-order valence-electron chi connectivity index (χ3n) is 27.8. The molecule has 19 aromatic carbocycles. The topological polar surface area (TPSA) is 105 Å². The van der Waals surface area contributed by atoms with E-state index in [-0.39, 0.29) is 0 Å². The van der Waals surface area contributed by atoms with Crippen molar-refractivity contribution in [3.63, 3.8) is 0 Å². The summed E-state index contributed by atoms with van der Waals surface area (Å²) in [7, 11) is 0. The lowest BCUT2D eigenvalue weighted by atomic mass is 9.97. The third-order valence-corrected chi connectivity index (χ3v) is 29.0. The fourth-order valence-electron chi connectivity index (χ4n) is 22.4. The molecule has 0 saturated carbocycles. The van der Waals surface area contributed by atoms with Gasteiger partial charge >= 0.3 is 0 Å². The highest BCUT2D eigenvalue weighted by atomic mass is 32.1. The summed E-state index contributed by atoms with van der Waals surface area (Å²) in [4.78, 5) is 31.3. The summed E-state index contributed by atoms with van der Waals surface area (Å²) in [6.07, 6.45) is 0. The van der Waals surface area contributed by atoms with E-state index in [0.29, 0.717) is 0 Å². The zero-order chi connectivity index (χ0) is 85.1. The Hall–Kier alpha value is -17.5. The molecule has 13 aromatic heterocycles. The van der Waals surface area contributed by atoms with E-state index in [0.717, 1.165) is 116 Å². The number of para-hydroxylation sites is 11. The molecule has 0 aliphatic carbocycles. The summed E-state index contributed by atoms with van der Waals surface area (Å²) in [6.45, 7) is 0. The van der Waals surface area contributed by atoms with E-state index in [2.05, 4.69) is 385 Å². The van der Waals surface area contributed by atoms with Gasteiger partial charge in [0.05, 0.1) is 99.3 Å². The zero-order valence-corrected chi connectivity index (χ0v) is 70.7. The fourth-order valence-corrected chi connectivity index (χ4v) is 23.5. The zero-order valence-electron chi connectivity index (χ0n) is 69.9. The molecular formula is C118H66N12S. The van der Waals surface area contributed by atoms with Crippen LogP contribution in [0.1, 0.15) is 0 Å². The first kappa shape index (κ1) is 70.7. The van der Waals surface area contributed by atoms with Crippen molar-refractivity contribution in [2.45, 2.75) is 0 Å². The van der Waals surface area contributed by atoms with E-state index in [1.165, 1.54) is 167 Å². The first-order chi connectivity index (χ1) is 65.0. The maximum Gasteiger partial charge on any atom is 0.165 e. The number of hydrogen-bond acceptors (Lipinski definition) is 7. The molecule has 32 rings (SSSR count). The van der Waals surface area contributed by atoms with E-state index < -0.39 is 0 Å². The highest BCUT2D eigenvalue weighted by Crippen LogP contribution is 2.52. The molecular weight excluding hydrogens is 1620 g/mol. The Bertz CT molecular complexity index is 10500. The van der Waals surface area contributed by atoms with Crippen molar-refractivity contribution in [2.24, 2.45) is 0 Å². The minimum Gasteiger partial charge on any atom is -0.309 e. The quantitative estimate of drug-likeness (QED) is 0.170. The summed E-state index contributed by atoms with van der Waals surface area (Å²) in [5, 5.41) is 23.6. The van der Waals surface area contributed by atoms with Crippen LogP contribution in [0.15, 0.2) is 400 Å². The average Bonchev–Trinajstić information content (AvgIpc) is 1.53. The van der Waals surface area contributed by atoms with Crippen molar-refractivity contribution in [3.05, 3.63) is 400 Å². The molecule has 0 spiro atoms. The van der Waals surface area contributed by atoms with E-state index in [1.807, 2.05) is 53.8 Å². The van der Waals surface area contributed by atoms with Crippen LogP contribution < -0.4 is 0 Å². The van der Waals surface area contributed by atoms with E-state index in [4.69, 9.17) is 29.9 Å². The predicted molar refractivity (Wildman–Crippen MR) is 547 cm³/mol. The number of aromatic nitrogens is 12. The Labute approximate surface area is 747 Å². The van der Waals surface area contributed by atoms with Crippen LogP contribution in [-0.2, 0) is 0 Å². The van der Waals surface area contributed by atoms with Gasteiger partial charge in [-0.25, -0.2) is 29.9 Å². The molecule has 0 radical (unpaired) electrons. The molecule has 0 aliphatic heterocycles. The number of thiophene rings is 1. The van der Waals surface area contributed by atoms with Gasteiger partial charge in [0.15, 0.2) is 16.9 Å². The van der Waals surface area contributed by atoms with Crippen LogP contribution in [0, 0.1) is 0 Å². The number of hydrogen-bond donors (Lipinski definition) is 0. The van der Waals surface area contributed by atoms with Crippen molar-refractivity contribution < 1.29 is 0 Å². The molecule has 0 bridgehead atoms. The van der Waals surface area contributed by atoms with Gasteiger partial charge in [0.2, 0.25) is 0 Å². The van der Waals surface area contributed by atoms with Crippen LogP contribution in [0.25, 0.3) is 284 Å². The summed E-state index contributed by atoms with van der Waals surface area (Å²) in [6, 6.07) is 143. The molecule has 604 valence electrons. The molecule has 13 heterocycles. The lowest BCUT2D eigenvalue weighted by Gasteiger charge is -2.08. The van der Waals surface area contributed by atoms with Crippen molar-refractivity contribution in [2.75, 3.05) is 0 Å². The van der Waals surface area contributed by atoms with Gasteiger partial charge in [-0.15, -0.1) is 11.3 Å². The van der Waals surface area contributed by atoms with Gasteiger partial charge in [0.1, 0.15) is 16.6 Å². The third kappa shape index (κ3) is 9.79. The van der Waals surface area contributed by atoms with Crippen LogP contribution in [0.2, 0.25) is 0 Å². The Kier molecular flexibility index (Phi) is 14.3. The largest absolute Gasteiger partial charge is 0.309 e. The molecule has 0 fully saturated rings. The van der Waals surface area contributed by atoms with Gasteiger partial charge < -0.3 is 13.7 Å². The monoisotopic (exact) mass is 1680 g/mol. The fraction of sp³-hybridized carbons (Fsp3) is 0. The summed E-state index contributed by atoms with van der Waals surface area (Å²) >= 11 is 1.86. The molecule has 0 unspecified atom stereocenters. The maximum atomic E-state index is 5.29. The number of nitrogens with zero attached hydrogens (tertiary/aromatic N) is 12. The van der Waals surface area contributed by atoms with Gasteiger partial charge in [-0.1, -0.05) is 243 Å². The van der Waals surface area contributed by atoms with E-state index in [9.17, 15) is 0 Å². The summed E-state index contributed by atoms with van der Waals surface area (Å²) in [5.41, 5.74) is 33.5. The van der Waals surface area contributed by atoms with Crippen molar-refractivity contribution in [3.8, 4) is 39.3 Å². The molecule has 0 saturated heterocycles. The second-order valence-corrected chi connectivity index (χ2v) is 35.7. The molecule has 12 nitrogen and oxygen atoms in total. The second kappa shape index (κ2) is 26.5. The van der Waals surface area contributed by atoms with Crippen LogP contribution in [0.3, 0.4) is 0 Å². The molecule has 131 heavy (non-hydrogen) atoms. The molecule has 0 atom stereocenters. The summed E-state index contributed by atoms with van der Waals surface area (Å²) < 4.78 is 16.9.